The van der Waals surface area contributed by atoms with Crippen LogP contribution < -0.4 is 10.1 Å². The Morgan fingerprint density at radius 3 is 2.25 bits per heavy atom. The van der Waals surface area contributed by atoms with Gasteiger partial charge in [0.15, 0.2) is 11.8 Å². The molecule has 2 N–H and O–H groups in total. The molecule has 0 aliphatic carbocycles. The van der Waals surface area contributed by atoms with E-state index in [0.717, 1.165) is 7.11 Å². The van der Waals surface area contributed by atoms with Gasteiger partial charge in [-0.15, -0.1) is 0 Å². The van der Waals surface area contributed by atoms with Crippen LogP contribution >= 0.6 is 23.2 Å². The first-order valence-electron chi connectivity index (χ1n) is 5.47. The van der Waals surface area contributed by atoms with Gasteiger partial charge in [-0.2, -0.15) is 0 Å². The van der Waals surface area contributed by atoms with Crippen LogP contribution in [0.2, 0.25) is 10.0 Å². The van der Waals surface area contributed by atoms with Crippen molar-refractivity contribution in [2.24, 2.45) is 0 Å². The lowest BCUT2D eigenvalue weighted by Gasteiger charge is -2.14. The molecule has 1 amide bonds. The maximum Gasteiger partial charge on any atom is 0.330 e. The van der Waals surface area contributed by atoms with Gasteiger partial charge >= 0.3 is 5.97 Å². The number of nitrogens with one attached hydrogen (secondary N) is 1. The summed E-state index contributed by atoms with van der Waals surface area (Å²) in [6.07, 6.45) is 0. The predicted octanol–water partition coefficient (Wildman–Crippen LogP) is 1.27. The Labute approximate surface area is 125 Å². The van der Waals surface area contributed by atoms with E-state index in [4.69, 9.17) is 33.0 Å². The fraction of sp³-hybridized carbons (Fsp3) is 0.333. The van der Waals surface area contributed by atoms with Gasteiger partial charge in [-0.3, -0.25) is 4.79 Å². The average molecular weight is 322 g/mol. The maximum absolute atomic E-state index is 12.0. The molecule has 0 aliphatic rings. The van der Waals surface area contributed by atoms with Crippen LogP contribution in [0.15, 0.2) is 12.1 Å². The average Bonchev–Trinajstić information content (AvgIpc) is 2.43. The van der Waals surface area contributed by atoms with Gasteiger partial charge in [-0.25, -0.2) is 4.79 Å². The zero-order valence-electron chi connectivity index (χ0n) is 10.8. The summed E-state index contributed by atoms with van der Waals surface area (Å²) in [5, 5.41) is 11.6. The minimum Gasteiger partial charge on any atom is -0.494 e. The number of hydrogen-bond donors (Lipinski definition) is 2. The molecule has 1 aromatic carbocycles. The van der Waals surface area contributed by atoms with Gasteiger partial charge in [0.25, 0.3) is 5.91 Å². The number of methoxy groups -OCH3 is 2. The van der Waals surface area contributed by atoms with Crippen LogP contribution in [0.4, 0.5) is 0 Å². The molecule has 110 valence electrons. The number of esters is 1. The molecule has 0 unspecified atom stereocenters. The summed E-state index contributed by atoms with van der Waals surface area (Å²) in [4.78, 5) is 23.2. The van der Waals surface area contributed by atoms with Gasteiger partial charge in [-0.05, 0) is 12.1 Å². The van der Waals surface area contributed by atoms with Crippen LogP contribution in [-0.4, -0.2) is 43.9 Å². The highest BCUT2D eigenvalue weighted by atomic mass is 35.5. The van der Waals surface area contributed by atoms with E-state index >= 15 is 0 Å². The minimum absolute atomic E-state index is 0.128. The molecule has 1 rings (SSSR count). The number of aliphatic hydroxyl groups is 1. The van der Waals surface area contributed by atoms with E-state index in [1.165, 1.54) is 19.2 Å². The lowest BCUT2D eigenvalue weighted by Crippen LogP contribution is -2.44. The van der Waals surface area contributed by atoms with Crippen molar-refractivity contribution >= 4 is 35.1 Å². The van der Waals surface area contributed by atoms with Gasteiger partial charge < -0.3 is 19.9 Å². The van der Waals surface area contributed by atoms with Crippen LogP contribution in [0.5, 0.6) is 5.75 Å². The molecule has 1 aromatic rings. The summed E-state index contributed by atoms with van der Waals surface area (Å²) in [6, 6.07) is 1.52. The molecule has 0 saturated carbocycles. The molecule has 0 aliphatic heterocycles. The van der Waals surface area contributed by atoms with Crippen LogP contribution in [-0.2, 0) is 9.53 Å². The highest BCUT2D eigenvalue weighted by Gasteiger charge is 2.22. The Kier molecular flexibility index (Phi) is 6.06. The summed E-state index contributed by atoms with van der Waals surface area (Å²) in [7, 11) is 2.55. The van der Waals surface area contributed by atoms with Crippen LogP contribution in [0.3, 0.4) is 0 Å². The zero-order chi connectivity index (χ0) is 15.3. The van der Waals surface area contributed by atoms with Gasteiger partial charge in [0.05, 0.1) is 30.9 Å². The first kappa shape index (κ1) is 16.6. The molecular formula is C12H13Cl2NO5. The molecule has 20 heavy (non-hydrogen) atoms. The molecule has 0 aromatic heterocycles. The third-order valence-electron chi connectivity index (χ3n) is 2.44. The number of aliphatic hydroxyl groups excluding tert-OH is 1. The van der Waals surface area contributed by atoms with E-state index in [2.05, 4.69) is 10.1 Å². The van der Waals surface area contributed by atoms with Crippen LogP contribution in [0.1, 0.15) is 10.4 Å². The monoisotopic (exact) mass is 321 g/mol. The Balaban J connectivity index is 2.95. The highest BCUT2D eigenvalue weighted by Crippen LogP contribution is 2.33. The van der Waals surface area contributed by atoms with Crippen LogP contribution in [0, 0.1) is 0 Å². The van der Waals surface area contributed by atoms with E-state index in [0.29, 0.717) is 0 Å². The normalized spacial score (nSPS) is 11.7. The van der Waals surface area contributed by atoms with Crippen molar-refractivity contribution in [1.82, 2.24) is 5.32 Å². The third kappa shape index (κ3) is 3.75. The number of halogens is 2. The molecule has 1 atom stereocenters. The fourth-order valence-electron chi connectivity index (χ4n) is 1.45. The molecule has 0 bridgehead atoms. The molecule has 0 spiro atoms. The molecule has 0 radical (unpaired) electrons. The topological polar surface area (TPSA) is 84.9 Å². The van der Waals surface area contributed by atoms with E-state index in [9.17, 15) is 9.59 Å². The Morgan fingerprint density at radius 2 is 1.85 bits per heavy atom. The minimum atomic E-state index is -1.16. The van der Waals surface area contributed by atoms with Crippen molar-refractivity contribution in [1.29, 1.82) is 0 Å². The van der Waals surface area contributed by atoms with Crippen LogP contribution in [0.25, 0.3) is 0 Å². The Morgan fingerprint density at radius 1 is 1.30 bits per heavy atom. The maximum atomic E-state index is 12.0. The van der Waals surface area contributed by atoms with Gasteiger partial charge in [-0.1, -0.05) is 23.2 Å². The second kappa shape index (κ2) is 7.33. The predicted molar refractivity (Wildman–Crippen MR) is 73.4 cm³/mol. The van der Waals surface area contributed by atoms with E-state index in [1.807, 2.05) is 0 Å². The number of rotatable bonds is 5. The van der Waals surface area contributed by atoms with Gasteiger partial charge in [0.1, 0.15) is 0 Å². The number of carbonyl (C=O) groups excluding carboxylic acids is 2. The quantitative estimate of drug-likeness (QED) is 0.798. The third-order valence-corrected chi connectivity index (χ3v) is 3.00. The fourth-order valence-corrected chi connectivity index (χ4v) is 2.09. The second-order valence-corrected chi connectivity index (χ2v) is 4.52. The molecule has 6 nitrogen and oxygen atoms in total. The van der Waals surface area contributed by atoms with Gasteiger partial charge in [0, 0.05) is 5.56 Å². The first-order chi connectivity index (χ1) is 9.44. The second-order valence-electron chi connectivity index (χ2n) is 3.70. The lowest BCUT2D eigenvalue weighted by atomic mass is 10.2. The van der Waals surface area contributed by atoms with Crippen molar-refractivity contribution in [2.75, 3.05) is 20.8 Å². The van der Waals surface area contributed by atoms with Crippen molar-refractivity contribution in [3.8, 4) is 5.75 Å². The van der Waals surface area contributed by atoms with Crippen molar-refractivity contribution in [2.45, 2.75) is 6.04 Å². The Hall–Kier alpha value is -1.50. The summed E-state index contributed by atoms with van der Waals surface area (Å²) < 4.78 is 9.40. The first-order valence-corrected chi connectivity index (χ1v) is 6.22. The van der Waals surface area contributed by atoms with Gasteiger partial charge in [0.2, 0.25) is 0 Å². The smallest absolute Gasteiger partial charge is 0.330 e. The molecule has 0 saturated heterocycles. The standard InChI is InChI=1S/C12H13Cl2NO5/c1-19-10-7(13)3-6(4-8(10)14)11(17)15-9(5-16)12(18)20-2/h3-4,9,16H,5H2,1-2H3,(H,15,17)/t9-/m0/s1. The molecule has 8 heteroatoms. The highest BCUT2D eigenvalue weighted by molar-refractivity contribution is 6.37. The summed E-state index contributed by atoms with van der Waals surface area (Å²) in [6.45, 7) is -0.587. The van der Waals surface area contributed by atoms with E-state index in [1.54, 1.807) is 0 Å². The Bertz CT molecular complexity index is 498. The number of hydrogen-bond acceptors (Lipinski definition) is 5. The summed E-state index contributed by atoms with van der Waals surface area (Å²) in [5.74, 6) is -1.14. The number of amides is 1. The largest absolute Gasteiger partial charge is 0.494 e. The van der Waals surface area contributed by atoms with Crippen molar-refractivity contribution in [3.05, 3.63) is 27.7 Å². The van der Waals surface area contributed by atoms with E-state index < -0.39 is 24.5 Å². The molecule has 0 fully saturated rings. The number of benzene rings is 1. The summed E-state index contributed by atoms with van der Waals surface area (Å²) >= 11 is 11.8. The van der Waals surface area contributed by atoms with Crippen molar-refractivity contribution in [3.63, 3.8) is 0 Å². The molecular weight excluding hydrogens is 309 g/mol. The van der Waals surface area contributed by atoms with Crippen molar-refractivity contribution < 1.29 is 24.2 Å². The summed E-state index contributed by atoms with van der Waals surface area (Å²) in [5.41, 5.74) is 0.128. The lowest BCUT2D eigenvalue weighted by molar-refractivity contribution is -0.143. The van der Waals surface area contributed by atoms with E-state index in [-0.39, 0.29) is 21.4 Å². The number of carbonyl (C=O) groups is 2. The zero-order valence-corrected chi connectivity index (χ0v) is 12.3. The SMILES string of the molecule is COC(=O)[C@H](CO)NC(=O)c1cc(Cl)c(OC)c(Cl)c1. The number of ether oxygens (including phenoxy) is 2. The molecule has 0 heterocycles.